The molecule has 0 aromatic rings. The van der Waals surface area contributed by atoms with Gasteiger partial charge in [-0.05, 0) is 90.8 Å². The molecule has 0 radical (unpaired) electrons. The van der Waals surface area contributed by atoms with Crippen molar-refractivity contribution in [2.24, 2.45) is 50.2 Å². The number of fused-ring (bicyclic) bond motifs is 7. The maximum atomic E-state index is 12.0. The highest BCUT2D eigenvalue weighted by molar-refractivity contribution is 5.36. The number of aliphatic hydroxyl groups is 4. The van der Waals surface area contributed by atoms with Gasteiger partial charge in [-0.2, -0.15) is 0 Å². The van der Waals surface area contributed by atoms with E-state index in [1.165, 1.54) is 5.57 Å². The van der Waals surface area contributed by atoms with Crippen molar-refractivity contribution in [1.29, 1.82) is 0 Å². The van der Waals surface area contributed by atoms with Gasteiger partial charge in [0.25, 0.3) is 0 Å². The molecule has 0 spiro atoms. The van der Waals surface area contributed by atoms with Gasteiger partial charge >= 0.3 is 0 Å². The first-order valence-electron chi connectivity index (χ1n) is 14.0. The average Bonchev–Trinajstić information content (AvgIpc) is 2.76. The Hall–Kier alpha value is -0.420. The maximum absolute atomic E-state index is 12.0. The van der Waals surface area contributed by atoms with E-state index in [0.717, 1.165) is 44.9 Å². The van der Waals surface area contributed by atoms with Crippen molar-refractivity contribution in [3.63, 3.8) is 0 Å². The van der Waals surface area contributed by atoms with Crippen LogP contribution in [0.4, 0.5) is 0 Å². The second kappa shape index (κ2) is 7.33. The first-order chi connectivity index (χ1) is 15.6. The van der Waals surface area contributed by atoms with Crippen LogP contribution < -0.4 is 0 Å². The molecule has 4 saturated carbocycles. The van der Waals surface area contributed by atoms with Gasteiger partial charge < -0.3 is 20.4 Å². The number of hydrogen-bond donors (Lipinski definition) is 4. The molecular formula is C30H50O4. The highest BCUT2D eigenvalue weighted by atomic mass is 16.3. The minimum atomic E-state index is -0.513. The van der Waals surface area contributed by atoms with Crippen molar-refractivity contribution in [3.05, 3.63) is 11.6 Å². The molecule has 0 saturated heterocycles. The zero-order valence-electron chi connectivity index (χ0n) is 22.7. The van der Waals surface area contributed by atoms with E-state index < -0.39 is 23.0 Å². The average molecular weight is 475 g/mol. The highest BCUT2D eigenvalue weighted by Crippen LogP contribution is 2.75. The summed E-state index contributed by atoms with van der Waals surface area (Å²) in [6, 6.07) is 0. The summed E-state index contributed by atoms with van der Waals surface area (Å²) in [4.78, 5) is 0. The van der Waals surface area contributed by atoms with Gasteiger partial charge in [0.05, 0.1) is 18.3 Å². The topological polar surface area (TPSA) is 80.9 Å². The fourth-order valence-electron chi connectivity index (χ4n) is 10.6. The van der Waals surface area contributed by atoms with Gasteiger partial charge in [0.2, 0.25) is 0 Å². The predicted molar refractivity (Wildman–Crippen MR) is 135 cm³/mol. The van der Waals surface area contributed by atoms with Gasteiger partial charge in [-0.1, -0.05) is 60.1 Å². The Bertz CT molecular complexity index is 881. The van der Waals surface area contributed by atoms with Gasteiger partial charge in [-0.3, -0.25) is 0 Å². The van der Waals surface area contributed by atoms with E-state index in [9.17, 15) is 20.4 Å². The van der Waals surface area contributed by atoms with Gasteiger partial charge in [0.1, 0.15) is 0 Å². The Kier molecular flexibility index (Phi) is 5.44. The summed E-state index contributed by atoms with van der Waals surface area (Å²) < 4.78 is 0. The van der Waals surface area contributed by atoms with E-state index in [1.807, 2.05) is 0 Å². The Morgan fingerprint density at radius 2 is 1.50 bits per heavy atom. The third kappa shape index (κ3) is 2.86. The van der Waals surface area contributed by atoms with Gasteiger partial charge in [0.15, 0.2) is 0 Å². The molecule has 0 aromatic heterocycles. The predicted octanol–water partition coefficient (Wildman–Crippen LogP) is 5.08. The number of hydrogen-bond acceptors (Lipinski definition) is 4. The summed E-state index contributed by atoms with van der Waals surface area (Å²) in [6.07, 6.45) is 8.35. The molecular weight excluding hydrogens is 424 g/mol. The third-order valence-corrected chi connectivity index (χ3v) is 13.4. The van der Waals surface area contributed by atoms with Crippen molar-refractivity contribution in [1.82, 2.24) is 0 Å². The van der Waals surface area contributed by atoms with Crippen LogP contribution in [0, 0.1) is 50.2 Å². The van der Waals surface area contributed by atoms with E-state index in [0.29, 0.717) is 12.3 Å². The molecule has 194 valence electrons. The van der Waals surface area contributed by atoms with Crippen molar-refractivity contribution >= 4 is 0 Å². The second-order valence-electron chi connectivity index (χ2n) is 15.2. The molecule has 4 fully saturated rings. The lowest BCUT2D eigenvalue weighted by Crippen LogP contribution is -2.71. The molecule has 34 heavy (non-hydrogen) atoms. The molecule has 0 amide bonds. The fraction of sp³-hybridized carbons (Fsp3) is 0.933. The molecule has 5 aliphatic rings. The highest BCUT2D eigenvalue weighted by Gasteiger charge is 2.72. The largest absolute Gasteiger partial charge is 0.396 e. The molecule has 4 nitrogen and oxygen atoms in total. The molecule has 5 rings (SSSR count). The summed E-state index contributed by atoms with van der Waals surface area (Å²) in [5.41, 5.74) is 0.229. The summed E-state index contributed by atoms with van der Waals surface area (Å²) in [5.74, 6) is 0.863. The lowest BCUT2D eigenvalue weighted by Gasteiger charge is -2.73. The van der Waals surface area contributed by atoms with Crippen molar-refractivity contribution < 1.29 is 20.4 Å². The minimum Gasteiger partial charge on any atom is -0.396 e. The zero-order valence-corrected chi connectivity index (χ0v) is 22.7. The lowest BCUT2D eigenvalue weighted by atomic mass is 9.32. The first-order valence-corrected chi connectivity index (χ1v) is 14.0. The molecule has 0 heterocycles. The van der Waals surface area contributed by atoms with Crippen molar-refractivity contribution in [2.75, 3.05) is 6.61 Å². The van der Waals surface area contributed by atoms with E-state index in [2.05, 4.69) is 54.5 Å². The molecule has 0 bridgehead atoms. The monoisotopic (exact) mass is 474 g/mol. The Balaban J connectivity index is 1.64. The van der Waals surface area contributed by atoms with Crippen molar-refractivity contribution in [2.45, 2.75) is 118 Å². The number of rotatable bonds is 1. The Labute approximate surface area is 207 Å². The number of allylic oxidation sites excluding steroid dienone is 1. The van der Waals surface area contributed by atoms with Crippen LogP contribution in [0.1, 0.15) is 99.8 Å². The standard InChI is InChI=1S/C30H50O4/c1-25(2)21-14-23(33)30(7)20(28(21,5)11-10-22(25)32)9-8-18-19-15-26(3,17-31)12-13-27(19,4)16-24(34)29(18,30)6/h8,19-24,31-34H,9-17H2,1-7H3/t19-,20+,21-,22-,23-,24-,26-,27+,28+,29-,30-/m0/s1. The molecule has 4 heteroatoms. The van der Waals surface area contributed by atoms with Crippen LogP contribution in [-0.4, -0.2) is 45.3 Å². The summed E-state index contributed by atoms with van der Waals surface area (Å²) in [7, 11) is 0. The molecule has 0 aromatic carbocycles. The smallest absolute Gasteiger partial charge is 0.0642 e. The second-order valence-corrected chi connectivity index (χ2v) is 15.2. The van der Waals surface area contributed by atoms with Crippen LogP contribution in [0.3, 0.4) is 0 Å². The Morgan fingerprint density at radius 1 is 0.824 bits per heavy atom. The summed E-state index contributed by atoms with van der Waals surface area (Å²) in [6.45, 7) is 16.1. The zero-order chi connectivity index (χ0) is 25.1. The maximum Gasteiger partial charge on any atom is 0.0642 e. The molecule has 11 atom stereocenters. The van der Waals surface area contributed by atoms with Crippen LogP contribution >= 0.6 is 0 Å². The molecule has 5 aliphatic carbocycles. The Morgan fingerprint density at radius 3 is 2.15 bits per heavy atom. The quantitative estimate of drug-likeness (QED) is 0.399. The SMILES string of the molecule is CC1(C)[C@@H](O)CC[C@]2(C)[C@H]3CC=C4[C@@H]5C[C@@](C)(CO)CC[C@]5(C)C[C@H](O)[C@@]4(C)[C@]3(C)[C@@H](O)C[C@@H]12. The van der Waals surface area contributed by atoms with Crippen LogP contribution in [0.15, 0.2) is 11.6 Å². The van der Waals surface area contributed by atoms with E-state index in [1.54, 1.807) is 0 Å². The van der Waals surface area contributed by atoms with Gasteiger partial charge in [-0.15, -0.1) is 0 Å². The van der Waals surface area contributed by atoms with Crippen LogP contribution in [-0.2, 0) is 0 Å². The van der Waals surface area contributed by atoms with Crippen molar-refractivity contribution in [3.8, 4) is 0 Å². The molecule has 0 unspecified atom stereocenters. The van der Waals surface area contributed by atoms with Crippen LogP contribution in [0.2, 0.25) is 0 Å². The minimum absolute atomic E-state index is 0.0222. The lowest BCUT2D eigenvalue weighted by molar-refractivity contribution is -0.261. The molecule has 4 N–H and O–H groups in total. The molecule has 0 aliphatic heterocycles. The van der Waals surface area contributed by atoms with Crippen LogP contribution in [0.25, 0.3) is 0 Å². The van der Waals surface area contributed by atoms with E-state index >= 15 is 0 Å². The van der Waals surface area contributed by atoms with E-state index in [4.69, 9.17) is 0 Å². The first kappa shape index (κ1) is 25.2. The normalized spacial score (nSPS) is 58.6. The van der Waals surface area contributed by atoms with Gasteiger partial charge in [-0.25, -0.2) is 0 Å². The van der Waals surface area contributed by atoms with Gasteiger partial charge in [0, 0.05) is 17.4 Å². The third-order valence-electron chi connectivity index (χ3n) is 13.4. The summed E-state index contributed by atoms with van der Waals surface area (Å²) in [5, 5.41) is 45.1. The van der Waals surface area contributed by atoms with Crippen LogP contribution in [0.5, 0.6) is 0 Å². The fourth-order valence-corrected chi connectivity index (χ4v) is 10.6. The summed E-state index contributed by atoms with van der Waals surface area (Å²) >= 11 is 0. The van der Waals surface area contributed by atoms with E-state index in [-0.39, 0.29) is 46.2 Å². The number of aliphatic hydroxyl groups excluding tert-OH is 4.